The van der Waals surface area contributed by atoms with Gasteiger partial charge in [0.15, 0.2) is 0 Å². The van der Waals surface area contributed by atoms with E-state index in [4.69, 9.17) is 4.74 Å². The van der Waals surface area contributed by atoms with Gasteiger partial charge in [-0.3, -0.25) is 4.79 Å². The molecule has 116 valence electrons. The van der Waals surface area contributed by atoms with Crippen LogP contribution in [0.25, 0.3) is 0 Å². The van der Waals surface area contributed by atoms with Crippen LogP contribution in [0.2, 0.25) is 0 Å². The van der Waals surface area contributed by atoms with Crippen molar-refractivity contribution in [3.63, 3.8) is 0 Å². The van der Waals surface area contributed by atoms with Crippen molar-refractivity contribution in [3.05, 3.63) is 0 Å². The average molecular weight is 285 g/mol. The first-order valence-corrected chi connectivity index (χ1v) is 7.42. The van der Waals surface area contributed by atoms with E-state index in [2.05, 4.69) is 5.32 Å². The Morgan fingerprint density at radius 2 is 1.95 bits per heavy atom. The van der Waals surface area contributed by atoms with Crippen LogP contribution < -0.4 is 5.32 Å². The molecule has 1 N–H and O–H groups in total. The number of carbonyl (C=O) groups excluding carboxylic acids is 2. The fraction of sp³-hybridized carbons (Fsp3) is 0.857. The summed E-state index contributed by atoms with van der Waals surface area (Å²) < 4.78 is 4.99. The van der Waals surface area contributed by atoms with Gasteiger partial charge in [-0.1, -0.05) is 0 Å². The second-order valence-electron chi connectivity index (χ2n) is 5.20. The summed E-state index contributed by atoms with van der Waals surface area (Å²) in [4.78, 5) is 27.0. The van der Waals surface area contributed by atoms with E-state index in [-0.39, 0.29) is 24.1 Å². The number of likely N-dealkylation sites (N-methyl/N-ethyl adjacent to an activating group) is 1. The molecule has 1 fully saturated rings. The third-order valence-corrected chi connectivity index (χ3v) is 3.73. The van der Waals surface area contributed by atoms with E-state index in [0.29, 0.717) is 26.2 Å². The van der Waals surface area contributed by atoms with Gasteiger partial charge in [-0.25, -0.2) is 4.79 Å². The Labute approximate surface area is 121 Å². The third-order valence-electron chi connectivity index (χ3n) is 3.73. The van der Waals surface area contributed by atoms with Crippen LogP contribution in [-0.2, 0) is 9.53 Å². The molecular formula is C14H27N3O3. The fourth-order valence-electron chi connectivity index (χ4n) is 2.35. The van der Waals surface area contributed by atoms with Crippen LogP contribution >= 0.6 is 0 Å². The second kappa shape index (κ2) is 8.09. The van der Waals surface area contributed by atoms with Crippen LogP contribution in [0, 0.1) is 0 Å². The number of piperidine rings is 1. The topological polar surface area (TPSA) is 61.9 Å². The number of nitrogens with zero attached hydrogens (tertiary/aromatic N) is 2. The first-order chi connectivity index (χ1) is 9.49. The van der Waals surface area contributed by atoms with Crippen LogP contribution in [0.5, 0.6) is 0 Å². The van der Waals surface area contributed by atoms with Crippen molar-refractivity contribution in [2.45, 2.75) is 45.7 Å². The smallest absolute Gasteiger partial charge is 0.409 e. The summed E-state index contributed by atoms with van der Waals surface area (Å²) in [6, 6.07) is 0.101. The molecule has 0 aromatic carbocycles. The Balaban J connectivity index is 2.35. The lowest BCUT2D eigenvalue weighted by Gasteiger charge is -2.33. The lowest BCUT2D eigenvalue weighted by molar-refractivity contribution is -0.131. The van der Waals surface area contributed by atoms with Gasteiger partial charge in [0.2, 0.25) is 5.91 Å². The highest BCUT2D eigenvalue weighted by Gasteiger charge is 2.26. The molecule has 6 heteroatoms. The van der Waals surface area contributed by atoms with Gasteiger partial charge in [-0.15, -0.1) is 0 Å². The molecule has 0 spiro atoms. The SMILES string of the molecule is CCOC(=O)N1CCC(NC(C)C(=O)N(C)CC)CC1. The molecule has 20 heavy (non-hydrogen) atoms. The van der Waals surface area contributed by atoms with E-state index in [0.717, 1.165) is 12.8 Å². The van der Waals surface area contributed by atoms with E-state index in [1.54, 1.807) is 9.80 Å². The van der Waals surface area contributed by atoms with Gasteiger partial charge in [0.1, 0.15) is 0 Å². The summed E-state index contributed by atoms with van der Waals surface area (Å²) in [6.07, 6.45) is 1.47. The van der Waals surface area contributed by atoms with Gasteiger partial charge in [0.25, 0.3) is 0 Å². The number of carbonyl (C=O) groups is 2. The number of ether oxygens (including phenoxy) is 1. The number of likely N-dealkylation sites (tertiary alicyclic amines) is 1. The Kier molecular flexibility index (Phi) is 6.78. The van der Waals surface area contributed by atoms with Crippen LogP contribution in [-0.4, -0.2) is 67.2 Å². The number of nitrogens with one attached hydrogen (secondary N) is 1. The van der Waals surface area contributed by atoms with Crippen LogP contribution in [0.4, 0.5) is 4.79 Å². The molecule has 0 bridgehead atoms. The quantitative estimate of drug-likeness (QED) is 0.820. The lowest BCUT2D eigenvalue weighted by atomic mass is 10.0. The van der Waals surface area contributed by atoms with E-state index in [1.165, 1.54) is 0 Å². The van der Waals surface area contributed by atoms with Crippen molar-refractivity contribution in [3.8, 4) is 0 Å². The number of rotatable bonds is 5. The summed E-state index contributed by atoms with van der Waals surface area (Å²) in [5.41, 5.74) is 0. The zero-order chi connectivity index (χ0) is 15.1. The molecule has 1 atom stereocenters. The number of hydrogen-bond acceptors (Lipinski definition) is 4. The average Bonchev–Trinajstić information content (AvgIpc) is 2.46. The minimum Gasteiger partial charge on any atom is -0.450 e. The zero-order valence-electron chi connectivity index (χ0n) is 13.0. The van der Waals surface area contributed by atoms with E-state index in [1.807, 2.05) is 27.8 Å². The molecule has 0 aromatic heterocycles. The Morgan fingerprint density at radius 1 is 1.35 bits per heavy atom. The second-order valence-corrected chi connectivity index (χ2v) is 5.20. The van der Waals surface area contributed by atoms with Gasteiger partial charge >= 0.3 is 6.09 Å². The van der Waals surface area contributed by atoms with Crippen molar-refractivity contribution >= 4 is 12.0 Å². The highest BCUT2D eigenvalue weighted by molar-refractivity contribution is 5.81. The van der Waals surface area contributed by atoms with E-state index >= 15 is 0 Å². The normalized spacial score (nSPS) is 17.7. The summed E-state index contributed by atoms with van der Waals surface area (Å²) in [5.74, 6) is 0.111. The molecule has 1 aliphatic heterocycles. The molecule has 1 saturated heterocycles. The maximum atomic E-state index is 12.0. The molecule has 1 aliphatic rings. The Bertz CT molecular complexity index is 328. The summed E-state index contributed by atoms with van der Waals surface area (Å²) >= 11 is 0. The van der Waals surface area contributed by atoms with Gasteiger partial charge in [-0.2, -0.15) is 0 Å². The van der Waals surface area contributed by atoms with Gasteiger partial charge in [0, 0.05) is 32.7 Å². The Hall–Kier alpha value is -1.30. The van der Waals surface area contributed by atoms with Crippen molar-refractivity contribution in [1.82, 2.24) is 15.1 Å². The predicted octanol–water partition coefficient (Wildman–Crippen LogP) is 1.06. The molecule has 1 heterocycles. The Morgan fingerprint density at radius 3 is 2.45 bits per heavy atom. The van der Waals surface area contributed by atoms with Crippen LogP contribution in [0.1, 0.15) is 33.6 Å². The van der Waals surface area contributed by atoms with E-state index in [9.17, 15) is 9.59 Å². The molecule has 6 nitrogen and oxygen atoms in total. The lowest BCUT2D eigenvalue weighted by Crippen LogP contribution is -2.51. The van der Waals surface area contributed by atoms with Crippen molar-refractivity contribution in [2.75, 3.05) is 33.3 Å². The maximum Gasteiger partial charge on any atom is 0.409 e. The standard InChI is InChI=1S/C14H27N3O3/c1-5-16(4)13(18)11(3)15-12-7-9-17(10-8-12)14(19)20-6-2/h11-12,15H,5-10H2,1-4H3. The number of amides is 2. The number of hydrogen-bond donors (Lipinski definition) is 1. The molecule has 0 aliphatic carbocycles. The maximum absolute atomic E-state index is 12.0. The molecule has 0 saturated carbocycles. The zero-order valence-corrected chi connectivity index (χ0v) is 13.0. The highest BCUT2D eigenvalue weighted by Crippen LogP contribution is 2.12. The first-order valence-electron chi connectivity index (χ1n) is 7.42. The molecular weight excluding hydrogens is 258 g/mol. The monoisotopic (exact) mass is 285 g/mol. The third kappa shape index (κ3) is 4.67. The minimum atomic E-state index is -0.235. The first kappa shape index (κ1) is 16.8. The minimum absolute atomic E-state index is 0.111. The molecule has 0 radical (unpaired) electrons. The largest absolute Gasteiger partial charge is 0.450 e. The van der Waals surface area contributed by atoms with Crippen molar-refractivity contribution in [2.24, 2.45) is 0 Å². The molecule has 2 amide bonds. The summed E-state index contributed by atoms with van der Waals surface area (Å²) in [5, 5.41) is 3.36. The van der Waals surface area contributed by atoms with Gasteiger partial charge < -0.3 is 19.9 Å². The van der Waals surface area contributed by atoms with Gasteiger partial charge in [0.05, 0.1) is 12.6 Å². The van der Waals surface area contributed by atoms with Crippen LogP contribution in [0.15, 0.2) is 0 Å². The summed E-state index contributed by atoms with van der Waals surface area (Å²) in [7, 11) is 1.81. The van der Waals surface area contributed by atoms with Crippen LogP contribution in [0.3, 0.4) is 0 Å². The molecule has 1 rings (SSSR count). The fourth-order valence-corrected chi connectivity index (χ4v) is 2.35. The molecule has 0 aromatic rings. The summed E-state index contributed by atoms with van der Waals surface area (Å²) in [6.45, 7) is 8.15. The van der Waals surface area contributed by atoms with Crippen molar-refractivity contribution in [1.29, 1.82) is 0 Å². The molecule has 1 unspecified atom stereocenters. The highest BCUT2D eigenvalue weighted by atomic mass is 16.6. The van der Waals surface area contributed by atoms with E-state index < -0.39 is 0 Å². The van der Waals surface area contributed by atoms with Gasteiger partial charge in [-0.05, 0) is 33.6 Å². The van der Waals surface area contributed by atoms with Crippen molar-refractivity contribution < 1.29 is 14.3 Å². The predicted molar refractivity (Wildman–Crippen MR) is 77.5 cm³/mol.